The van der Waals surface area contributed by atoms with Crippen molar-refractivity contribution < 1.29 is 9.53 Å². The third-order valence-corrected chi connectivity index (χ3v) is 7.78. The number of piperazine rings is 1. The van der Waals surface area contributed by atoms with Gasteiger partial charge in [0.1, 0.15) is 0 Å². The molecule has 0 radical (unpaired) electrons. The molecule has 0 spiro atoms. The lowest BCUT2D eigenvalue weighted by atomic mass is 10.2. The fourth-order valence-corrected chi connectivity index (χ4v) is 5.75. The van der Waals surface area contributed by atoms with E-state index in [4.69, 9.17) is 4.74 Å². The summed E-state index contributed by atoms with van der Waals surface area (Å²) < 4.78 is 6.43. The number of thioether (sulfide) groups is 1. The molecule has 10 heteroatoms. The number of thiophene rings is 1. The maximum atomic E-state index is 12.5. The normalized spacial score (nSPS) is 20.6. The highest BCUT2D eigenvalue weighted by Crippen LogP contribution is 2.26. The fraction of sp³-hybridized carbons (Fsp3) is 0.611. The van der Waals surface area contributed by atoms with Gasteiger partial charge in [0.05, 0.1) is 11.9 Å². The Balaban J connectivity index is 1.15. The van der Waals surface area contributed by atoms with Crippen LogP contribution in [-0.4, -0.2) is 77.1 Å². The van der Waals surface area contributed by atoms with Gasteiger partial charge >= 0.3 is 0 Å². The van der Waals surface area contributed by atoms with E-state index < -0.39 is 0 Å². The molecule has 1 amide bonds. The van der Waals surface area contributed by atoms with Crippen LogP contribution in [0.2, 0.25) is 0 Å². The van der Waals surface area contributed by atoms with E-state index in [0.717, 1.165) is 68.2 Å². The number of carbonyl (C=O) groups excluding carboxylic acids is 1. The quantitative estimate of drug-likeness (QED) is 0.634. The number of hydrogen-bond acceptors (Lipinski definition) is 9. The molecule has 0 aromatic carbocycles. The van der Waals surface area contributed by atoms with Gasteiger partial charge in [-0.3, -0.25) is 9.69 Å². The van der Waals surface area contributed by atoms with Gasteiger partial charge in [0, 0.05) is 50.8 Å². The molecule has 2 aromatic rings. The van der Waals surface area contributed by atoms with Crippen molar-refractivity contribution in [3.05, 3.63) is 22.4 Å². The highest BCUT2D eigenvalue weighted by atomic mass is 32.2. The van der Waals surface area contributed by atoms with Gasteiger partial charge in [-0.25, -0.2) is 0 Å². The van der Waals surface area contributed by atoms with Crippen molar-refractivity contribution >= 4 is 45.5 Å². The van der Waals surface area contributed by atoms with E-state index in [1.165, 1.54) is 28.0 Å². The van der Waals surface area contributed by atoms with Gasteiger partial charge < -0.3 is 15.0 Å². The molecule has 1 N–H and O–H groups in total. The summed E-state index contributed by atoms with van der Waals surface area (Å²) in [4.78, 5) is 18.3. The number of rotatable bonds is 8. The molecule has 2 fully saturated rings. The standard InChI is InChI=1S/C18H25N5O2S3/c24-16(23-7-5-22(6-8-23)12-15-4-2-10-26-15)13-27-18-21-20-17(28-18)19-11-14-3-1-9-25-14/h2,4,10,14H,1,3,5-9,11-13H2,(H,19,20). The Morgan fingerprint density at radius 1 is 1.32 bits per heavy atom. The van der Waals surface area contributed by atoms with Crippen LogP contribution in [0, 0.1) is 0 Å². The Bertz CT molecular complexity index is 740. The largest absolute Gasteiger partial charge is 0.376 e. The minimum atomic E-state index is 0.185. The SMILES string of the molecule is O=C(CSc1nnc(NCC2CCCO2)s1)N1CCN(Cc2cccs2)CC1. The van der Waals surface area contributed by atoms with Crippen LogP contribution in [0.15, 0.2) is 21.9 Å². The van der Waals surface area contributed by atoms with E-state index in [0.29, 0.717) is 5.75 Å². The van der Waals surface area contributed by atoms with Crippen LogP contribution in [0.25, 0.3) is 0 Å². The Morgan fingerprint density at radius 3 is 2.96 bits per heavy atom. The summed E-state index contributed by atoms with van der Waals surface area (Å²) in [7, 11) is 0. The van der Waals surface area contributed by atoms with Crippen molar-refractivity contribution in [2.24, 2.45) is 0 Å². The maximum absolute atomic E-state index is 12.5. The predicted octanol–water partition coefficient (Wildman–Crippen LogP) is 2.63. The third-order valence-electron chi connectivity index (χ3n) is 4.92. The lowest BCUT2D eigenvalue weighted by Crippen LogP contribution is -2.48. The van der Waals surface area contributed by atoms with Gasteiger partial charge in [-0.2, -0.15) is 0 Å². The summed E-state index contributed by atoms with van der Waals surface area (Å²) in [6.07, 6.45) is 2.51. The number of ether oxygens (including phenoxy) is 1. The van der Waals surface area contributed by atoms with E-state index in [9.17, 15) is 4.79 Å². The van der Waals surface area contributed by atoms with Gasteiger partial charge in [-0.05, 0) is 24.3 Å². The van der Waals surface area contributed by atoms with Crippen molar-refractivity contribution in [2.75, 3.05) is 50.4 Å². The molecule has 2 aliphatic rings. The molecule has 152 valence electrons. The maximum Gasteiger partial charge on any atom is 0.233 e. The summed E-state index contributed by atoms with van der Waals surface area (Å²) in [5.41, 5.74) is 0. The first kappa shape index (κ1) is 20.1. The fourth-order valence-electron chi connectivity index (χ4n) is 3.34. The van der Waals surface area contributed by atoms with Crippen LogP contribution in [-0.2, 0) is 16.1 Å². The van der Waals surface area contributed by atoms with Crippen LogP contribution in [0.5, 0.6) is 0 Å². The second-order valence-electron chi connectivity index (χ2n) is 6.91. The first-order chi connectivity index (χ1) is 13.8. The Kier molecular flexibility index (Phi) is 7.19. The van der Waals surface area contributed by atoms with Crippen LogP contribution < -0.4 is 5.32 Å². The molecular weight excluding hydrogens is 414 g/mol. The van der Waals surface area contributed by atoms with E-state index in [-0.39, 0.29) is 12.0 Å². The van der Waals surface area contributed by atoms with Crippen LogP contribution in [0.3, 0.4) is 0 Å². The zero-order valence-corrected chi connectivity index (χ0v) is 18.2. The topological polar surface area (TPSA) is 70.6 Å². The molecule has 1 atom stereocenters. The minimum Gasteiger partial charge on any atom is -0.376 e. The summed E-state index contributed by atoms with van der Waals surface area (Å²) in [5, 5.41) is 14.5. The number of aromatic nitrogens is 2. The second kappa shape index (κ2) is 10.0. The Labute approximate surface area is 177 Å². The number of nitrogens with zero attached hydrogens (tertiary/aromatic N) is 4. The van der Waals surface area contributed by atoms with Gasteiger partial charge in [-0.1, -0.05) is 29.2 Å². The lowest BCUT2D eigenvalue weighted by Gasteiger charge is -2.34. The summed E-state index contributed by atoms with van der Waals surface area (Å²) in [6.45, 7) is 6.09. The van der Waals surface area contributed by atoms with Gasteiger partial charge in [-0.15, -0.1) is 21.5 Å². The number of hydrogen-bond donors (Lipinski definition) is 1. The van der Waals surface area contributed by atoms with E-state index in [1.54, 1.807) is 11.3 Å². The highest BCUT2D eigenvalue weighted by Gasteiger charge is 2.22. The van der Waals surface area contributed by atoms with Crippen molar-refractivity contribution in [1.82, 2.24) is 20.0 Å². The van der Waals surface area contributed by atoms with E-state index in [1.807, 2.05) is 4.90 Å². The number of anilines is 1. The first-order valence-electron chi connectivity index (χ1n) is 9.60. The van der Waals surface area contributed by atoms with Gasteiger partial charge in [0.15, 0.2) is 4.34 Å². The molecule has 0 saturated carbocycles. The number of nitrogens with one attached hydrogen (secondary N) is 1. The van der Waals surface area contributed by atoms with E-state index in [2.05, 4.69) is 37.9 Å². The number of amides is 1. The number of carbonyl (C=O) groups is 1. The molecule has 2 aromatic heterocycles. The summed E-state index contributed by atoms with van der Waals surface area (Å²) in [5.74, 6) is 0.607. The third kappa shape index (κ3) is 5.66. The Morgan fingerprint density at radius 2 is 2.21 bits per heavy atom. The summed E-state index contributed by atoms with van der Waals surface area (Å²) >= 11 is 4.77. The molecule has 2 saturated heterocycles. The van der Waals surface area contributed by atoms with Gasteiger partial charge in [0.2, 0.25) is 11.0 Å². The molecule has 1 unspecified atom stereocenters. The van der Waals surface area contributed by atoms with Crippen molar-refractivity contribution in [2.45, 2.75) is 29.8 Å². The first-order valence-corrected chi connectivity index (χ1v) is 12.3. The monoisotopic (exact) mass is 439 g/mol. The minimum absolute atomic E-state index is 0.185. The van der Waals surface area contributed by atoms with Crippen molar-refractivity contribution in [3.8, 4) is 0 Å². The van der Waals surface area contributed by atoms with Gasteiger partial charge in [0.25, 0.3) is 0 Å². The molecule has 4 rings (SSSR count). The predicted molar refractivity (Wildman–Crippen MR) is 114 cm³/mol. The smallest absolute Gasteiger partial charge is 0.233 e. The molecule has 0 bridgehead atoms. The summed E-state index contributed by atoms with van der Waals surface area (Å²) in [6, 6.07) is 4.26. The Hall–Kier alpha value is -1.20. The zero-order valence-electron chi connectivity index (χ0n) is 15.7. The van der Waals surface area contributed by atoms with Crippen LogP contribution in [0.4, 0.5) is 5.13 Å². The molecule has 7 nitrogen and oxygen atoms in total. The zero-order chi connectivity index (χ0) is 19.2. The molecule has 4 heterocycles. The molecule has 28 heavy (non-hydrogen) atoms. The lowest BCUT2D eigenvalue weighted by molar-refractivity contribution is -0.130. The molecular formula is C18H25N5O2S3. The van der Waals surface area contributed by atoms with Crippen molar-refractivity contribution in [1.29, 1.82) is 0 Å². The van der Waals surface area contributed by atoms with Crippen LogP contribution in [0.1, 0.15) is 17.7 Å². The average molecular weight is 440 g/mol. The second-order valence-corrected chi connectivity index (χ2v) is 10.1. The van der Waals surface area contributed by atoms with E-state index >= 15 is 0 Å². The van der Waals surface area contributed by atoms with Crippen LogP contribution >= 0.6 is 34.4 Å². The molecule has 0 aliphatic carbocycles. The van der Waals surface area contributed by atoms with Crippen molar-refractivity contribution in [3.63, 3.8) is 0 Å². The average Bonchev–Trinajstić information content (AvgIpc) is 3.48. The molecule has 2 aliphatic heterocycles. The highest BCUT2D eigenvalue weighted by molar-refractivity contribution is 8.01.